The standard InChI is InChI=1S/C23H39N5O/c1-23(2,28-13-15-29-16-14-28)19-26-22(24-3)25-17-21-10-12-27(18-21)11-9-20-7-5-4-6-8-20/h4-8,21H,9-19H2,1-3H3,(H2,24,25,26). The van der Waals surface area contributed by atoms with Crippen molar-refractivity contribution in [3.8, 4) is 0 Å². The van der Waals surface area contributed by atoms with Crippen molar-refractivity contribution in [2.45, 2.75) is 32.2 Å². The maximum absolute atomic E-state index is 5.49. The van der Waals surface area contributed by atoms with Crippen molar-refractivity contribution >= 4 is 5.96 Å². The van der Waals surface area contributed by atoms with Crippen LogP contribution in [0.1, 0.15) is 25.8 Å². The van der Waals surface area contributed by atoms with Crippen LogP contribution in [-0.2, 0) is 11.2 Å². The lowest BCUT2D eigenvalue weighted by Crippen LogP contribution is -2.56. The monoisotopic (exact) mass is 401 g/mol. The number of hydrogen-bond acceptors (Lipinski definition) is 4. The number of morpholine rings is 1. The first kappa shape index (κ1) is 22.1. The second-order valence-corrected chi connectivity index (χ2v) is 8.91. The molecule has 1 atom stereocenters. The Hall–Kier alpha value is -1.63. The van der Waals surface area contributed by atoms with Gasteiger partial charge < -0.3 is 20.3 Å². The topological polar surface area (TPSA) is 52.1 Å². The summed E-state index contributed by atoms with van der Waals surface area (Å²) in [7, 11) is 1.86. The fourth-order valence-electron chi connectivity index (χ4n) is 4.26. The lowest BCUT2D eigenvalue weighted by Gasteiger charge is -2.41. The Morgan fingerprint density at radius 2 is 1.90 bits per heavy atom. The molecule has 1 aromatic rings. The molecule has 0 bridgehead atoms. The average Bonchev–Trinajstić information content (AvgIpc) is 3.21. The van der Waals surface area contributed by atoms with Gasteiger partial charge in [-0.05, 0) is 44.7 Å². The number of rotatable bonds is 8. The number of nitrogens with zero attached hydrogens (tertiary/aromatic N) is 3. The zero-order valence-corrected chi connectivity index (χ0v) is 18.5. The second kappa shape index (κ2) is 11.0. The summed E-state index contributed by atoms with van der Waals surface area (Å²) in [5.41, 5.74) is 1.52. The number of benzene rings is 1. The van der Waals surface area contributed by atoms with Gasteiger partial charge in [-0.3, -0.25) is 9.89 Å². The van der Waals surface area contributed by atoms with Crippen molar-refractivity contribution < 1.29 is 4.74 Å². The molecule has 1 aromatic carbocycles. The number of guanidine groups is 1. The van der Waals surface area contributed by atoms with Gasteiger partial charge in [0.1, 0.15) is 0 Å². The van der Waals surface area contributed by atoms with Crippen LogP contribution < -0.4 is 10.6 Å². The Morgan fingerprint density at radius 1 is 1.14 bits per heavy atom. The zero-order valence-electron chi connectivity index (χ0n) is 18.5. The first-order valence-electron chi connectivity index (χ1n) is 11.1. The summed E-state index contributed by atoms with van der Waals surface area (Å²) in [6.07, 6.45) is 2.40. The summed E-state index contributed by atoms with van der Waals surface area (Å²) in [5, 5.41) is 7.08. The van der Waals surface area contributed by atoms with Crippen LogP contribution in [0, 0.1) is 5.92 Å². The quantitative estimate of drug-likeness (QED) is 0.514. The van der Waals surface area contributed by atoms with Gasteiger partial charge in [-0.25, -0.2) is 0 Å². The van der Waals surface area contributed by atoms with Gasteiger partial charge in [0.05, 0.1) is 13.2 Å². The number of likely N-dealkylation sites (tertiary alicyclic amines) is 1. The van der Waals surface area contributed by atoms with Gasteiger partial charge >= 0.3 is 0 Å². The van der Waals surface area contributed by atoms with E-state index in [1.54, 1.807) is 0 Å². The average molecular weight is 402 g/mol. The fraction of sp³-hybridized carbons (Fsp3) is 0.696. The predicted molar refractivity (Wildman–Crippen MR) is 121 cm³/mol. The molecule has 6 heteroatoms. The molecule has 0 amide bonds. The van der Waals surface area contributed by atoms with Crippen molar-refractivity contribution in [1.82, 2.24) is 20.4 Å². The fourth-order valence-corrected chi connectivity index (χ4v) is 4.26. The van der Waals surface area contributed by atoms with Crippen LogP contribution in [0.3, 0.4) is 0 Å². The summed E-state index contributed by atoms with van der Waals surface area (Å²) in [6, 6.07) is 10.8. The van der Waals surface area contributed by atoms with E-state index < -0.39 is 0 Å². The molecule has 2 saturated heterocycles. The van der Waals surface area contributed by atoms with E-state index in [0.29, 0.717) is 5.92 Å². The highest BCUT2D eigenvalue weighted by atomic mass is 16.5. The van der Waals surface area contributed by atoms with Crippen LogP contribution in [0.5, 0.6) is 0 Å². The van der Waals surface area contributed by atoms with Crippen LogP contribution in [-0.4, -0.2) is 87.4 Å². The van der Waals surface area contributed by atoms with Gasteiger partial charge in [0.25, 0.3) is 0 Å². The van der Waals surface area contributed by atoms with E-state index in [-0.39, 0.29) is 5.54 Å². The predicted octanol–water partition coefficient (Wildman–Crippen LogP) is 1.83. The molecular formula is C23H39N5O. The number of aliphatic imine (C=N–C) groups is 1. The maximum Gasteiger partial charge on any atom is 0.191 e. The second-order valence-electron chi connectivity index (χ2n) is 8.91. The van der Waals surface area contributed by atoms with E-state index in [9.17, 15) is 0 Å². The smallest absolute Gasteiger partial charge is 0.191 e. The van der Waals surface area contributed by atoms with Crippen LogP contribution >= 0.6 is 0 Å². The molecule has 2 fully saturated rings. The van der Waals surface area contributed by atoms with Crippen LogP contribution in [0.15, 0.2) is 35.3 Å². The third-order valence-corrected chi connectivity index (χ3v) is 6.27. The van der Waals surface area contributed by atoms with Crippen molar-refractivity contribution in [1.29, 1.82) is 0 Å². The molecule has 2 heterocycles. The van der Waals surface area contributed by atoms with Crippen molar-refractivity contribution in [3.63, 3.8) is 0 Å². The summed E-state index contributed by atoms with van der Waals surface area (Å²) in [5.74, 6) is 1.60. The number of nitrogens with one attached hydrogen (secondary N) is 2. The molecule has 0 aliphatic carbocycles. The molecule has 2 aliphatic rings. The summed E-state index contributed by atoms with van der Waals surface area (Å²) in [4.78, 5) is 9.52. The Labute approximate surface area is 176 Å². The van der Waals surface area contributed by atoms with E-state index in [0.717, 1.165) is 58.3 Å². The highest BCUT2D eigenvalue weighted by Gasteiger charge is 2.28. The highest BCUT2D eigenvalue weighted by Crippen LogP contribution is 2.17. The highest BCUT2D eigenvalue weighted by molar-refractivity contribution is 5.79. The van der Waals surface area contributed by atoms with Crippen LogP contribution in [0.2, 0.25) is 0 Å². The Kier molecular flexibility index (Phi) is 8.33. The third kappa shape index (κ3) is 6.98. The van der Waals surface area contributed by atoms with Crippen molar-refractivity contribution in [2.75, 3.05) is 66.1 Å². The molecule has 162 valence electrons. The summed E-state index contributed by atoms with van der Waals surface area (Å²) in [6.45, 7) is 13.6. The minimum absolute atomic E-state index is 0.0863. The molecule has 6 nitrogen and oxygen atoms in total. The van der Waals surface area contributed by atoms with Crippen molar-refractivity contribution in [2.24, 2.45) is 10.9 Å². The van der Waals surface area contributed by atoms with Crippen molar-refractivity contribution in [3.05, 3.63) is 35.9 Å². The van der Waals surface area contributed by atoms with Crippen LogP contribution in [0.25, 0.3) is 0 Å². The number of hydrogen-bond donors (Lipinski definition) is 2. The zero-order chi connectivity index (χ0) is 20.5. The van der Waals surface area contributed by atoms with E-state index in [2.05, 4.69) is 69.6 Å². The van der Waals surface area contributed by atoms with Gasteiger partial charge in [-0.2, -0.15) is 0 Å². The molecule has 1 unspecified atom stereocenters. The summed E-state index contributed by atoms with van der Waals surface area (Å²) < 4.78 is 5.49. The summed E-state index contributed by atoms with van der Waals surface area (Å²) >= 11 is 0. The van der Waals surface area contributed by atoms with Gasteiger partial charge in [-0.15, -0.1) is 0 Å². The van der Waals surface area contributed by atoms with E-state index in [1.807, 2.05) is 7.05 Å². The molecular weight excluding hydrogens is 362 g/mol. The van der Waals surface area contributed by atoms with Gasteiger partial charge in [0.2, 0.25) is 0 Å². The van der Waals surface area contributed by atoms with E-state index in [1.165, 1.54) is 25.1 Å². The van der Waals surface area contributed by atoms with Gasteiger partial charge in [-0.1, -0.05) is 30.3 Å². The molecule has 0 aromatic heterocycles. The third-order valence-electron chi connectivity index (χ3n) is 6.27. The minimum atomic E-state index is 0.0863. The molecule has 0 radical (unpaired) electrons. The van der Waals surface area contributed by atoms with Gasteiger partial charge in [0.15, 0.2) is 5.96 Å². The molecule has 0 saturated carbocycles. The minimum Gasteiger partial charge on any atom is -0.379 e. The van der Waals surface area contributed by atoms with E-state index in [4.69, 9.17) is 4.74 Å². The molecule has 29 heavy (non-hydrogen) atoms. The Balaban J connectivity index is 1.35. The lowest BCUT2D eigenvalue weighted by molar-refractivity contribution is -0.00834. The molecule has 2 aliphatic heterocycles. The normalized spacial score (nSPS) is 22.0. The lowest BCUT2D eigenvalue weighted by atomic mass is 10.0. The van der Waals surface area contributed by atoms with E-state index >= 15 is 0 Å². The molecule has 3 rings (SSSR count). The molecule has 2 N–H and O–H groups in total. The Morgan fingerprint density at radius 3 is 2.62 bits per heavy atom. The Bertz CT molecular complexity index is 627. The number of ether oxygens (including phenoxy) is 1. The van der Waals surface area contributed by atoms with Gasteiger partial charge in [0, 0.05) is 51.9 Å². The first-order valence-corrected chi connectivity index (χ1v) is 11.1. The molecule has 0 spiro atoms. The van der Waals surface area contributed by atoms with Crippen LogP contribution in [0.4, 0.5) is 0 Å². The first-order chi connectivity index (χ1) is 14.1. The maximum atomic E-state index is 5.49. The SMILES string of the molecule is CN=C(NCC1CCN(CCc2ccccc2)C1)NCC(C)(C)N1CCOCC1. The largest absolute Gasteiger partial charge is 0.379 e.